The highest BCUT2D eigenvalue weighted by Gasteiger charge is 2.33. The fourth-order valence-corrected chi connectivity index (χ4v) is 4.27. The van der Waals surface area contributed by atoms with Crippen molar-refractivity contribution in [2.45, 2.75) is 19.3 Å². The molecule has 2 fully saturated rings. The summed E-state index contributed by atoms with van der Waals surface area (Å²) in [5.41, 5.74) is 0.651. The van der Waals surface area contributed by atoms with Gasteiger partial charge >= 0.3 is 0 Å². The van der Waals surface area contributed by atoms with Crippen molar-refractivity contribution in [3.05, 3.63) is 48.4 Å². The quantitative estimate of drug-likeness (QED) is 0.678. The normalized spacial score (nSPS) is 19.5. The smallest absolute Gasteiger partial charge is 0.253 e. The number of likely N-dealkylation sites (tertiary alicyclic amines) is 2. The van der Waals surface area contributed by atoms with Crippen LogP contribution in [0.5, 0.6) is 11.6 Å². The zero-order valence-corrected chi connectivity index (χ0v) is 17.8. The molecule has 0 radical (unpaired) electrons. The molecule has 2 saturated heterocycles. The van der Waals surface area contributed by atoms with Gasteiger partial charge in [-0.1, -0.05) is 6.07 Å². The Morgan fingerprint density at radius 1 is 1.19 bits per heavy atom. The number of aromatic nitrogens is 2. The van der Waals surface area contributed by atoms with Gasteiger partial charge in [0.1, 0.15) is 5.75 Å². The van der Waals surface area contributed by atoms with Crippen molar-refractivity contribution in [3.63, 3.8) is 0 Å². The van der Waals surface area contributed by atoms with Crippen molar-refractivity contribution in [1.29, 1.82) is 0 Å². The maximum absolute atomic E-state index is 12.8. The summed E-state index contributed by atoms with van der Waals surface area (Å²) in [6.45, 7) is 3.35. The van der Waals surface area contributed by atoms with E-state index in [1.165, 1.54) is 0 Å². The molecule has 0 bridgehead atoms. The maximum atomic E-state index is 12.8. The monoisotopic (exact) mass is 424 g/mol. The van der Waals surface area contributed by atoms with Crippen LogP contribution in [0.4, 0.5) is 0 Å². The van der Waals surface area contributed by atoms with Crippen LogP contribution in [0.3, 0.4) is 0 Å². The van der Waals surface area contributed by atoms with Gasteiger partial charge in [-0.2, -0.15) is 0 Å². The molecule has 1 atom stereocenters. The zero-order chi connectivity index (χ0) is 21.6. The molecule has 31 heavy (non-hydrogen) atoms. The highest BCUT2D eigenvalue weighted by atomic mass is 16.5. The van der Waals surface area contributed by atoms with Crippen LogP contribution in [0, 0.1) is 11.8 Å². The Balaban J connectivity index is 1.23. The average molecular weight is 425 g/mol. The molecule has 0 saturated carbocycles. The standard InChI is InChI=1S/C23H28N4O4/c1-30-20-4-2-3-19(12-20)23(29)26-9-5-17(6-10-26)14-27-15-18(11-22(27)28)16-31-21-13-24-7-8-25-21/h2-4,7-8,12-13,17-18H,5-6,9-11,14-16H2,1H3. The number of rotatable bonds is 7. The summed E-state index contributed by atoms with van der Waals surface area (Å²) in [5, 5.41) is 0. The molecule has 1 unspecified atom stereocenters. The summed E-state index contributed by atoms with van der Waals surface area (Å²) < 4.78 is 10.9. The molecule has 1 aromatic carbocycles. The molecular formula is C23H28N4O4. The summed E-state index contributed by atoms with van der Waals surface area (Å²) in [4.78, 5) is 37.2. The predicted molar refractivity (Wildman–Crippen MR) is 114 cm³/mol. The second kappa shape index (κ2) is 9.76. The number of hydrogen-bond acceptors (Lipinski definition) is 6. The van der Waals surface area contributed by atoms with Crippen LogP contribution < -0.4 is 9.47 Å². The number of methoxy groups -OCH3 is 1. The van der Waals surface area contributed by atoms with E-state index in [4.69, 9.17) is 9.47 Å². The maximum Gasteiger partial charge on any atom is 0.253 e. The van der Waals surface area contributed by atoms with Gasteiger partial charge in [-0.15, -0.1) is 0 Å². The van der Waals surface area contributed by atoms with Crippen molar-refractivity contribution in [2.75, 3.05) is 39.9 Å². The van der Waals surface area contributed by atoms with Crippen molar-refractivity contribution in [3.8, 4) is 11.6 Å². The van der Waals surface area contributed by atoms with E-state index in [0.29, 0.717) is 55.8 Å². The molecule has 2 aromatic rings. The molecule has 8 nitrogen and oxygen atoms in total. The molecule has 2 aliphatic rings. The number of piperidine rings is 1. The molecule has 0 spiro atoms. The number of hydrogen-bond donors (Lipinski definition) is 0. The minimum absolute atomic E-state index is 0.0378. The van der Waals surface area contributed by atoms with Gasteiger partial charge < -0.3 is 19.3 Å². The third-order valence-electron chi connectivity index (χ3n) is 6.00. The number of amides is 2. The van der Waals surface area contributed by atoms with Gasteiger partial charge in [0.2, 0.25) is 11.8 Å². The minimum atomic E-state index is 0.0378. The summed E-state index contributed by atoms with van der Waals surface area (Å²) in [6.07, 6.45) is 7.08. The molecule has 3 heterocycles. The first kappa shape index (κ1) is 21.1. The van der Waals surface area contributed by atoms with Gasteiger partial charge in [-0.3, -0.25) is 14.6 Å². The van der Waals surface area contributed by atoms with Crippen LogP contribution in [0.15, 0.2) is 42.9 Å². The lowest BCUT2D eigenvalue weighted by molar-refractivity contribution is -0.128. The fraction of sp³-hybridized carbons (Fsp3) is 0.478. The summed E-state index contributed by atoms with van der Waals surface area (Å²) in [6, 6.07) is 7.27. The van der Waals surface area contributed by atoms with Crippen LogP contribution in [0.2, 0.25) is 0 Å². The predicted octanol–water partition coefficient (Wildman–Crippen LogP) is 2.26. The van der Waals surface area contributed by atoms with Crippen molar-refractivity contribution in [1.82, 2.24) is 19.8 Å². The first-order chi connectivity index (χ1) is 15.1. The first-order valence-electron chi connectivity index (χ1n) is 10.7. The van der Waals surface area contributed by atoms with E-state index in [2.05, 4.69) is 9.97 Å². The third-order valence-corrected chi connectivity index (χ3v) is 6.00. The Hall–Kier alpha value is -3.16. The molecule has 8 heteroatoms. The SMILES string of the molecule is COc1cccc(C(=O)N2CCC(CN3CC(COc4cnccn4)CC3=O)CC2)c1. The van der Waals surface area contributed by atoms with E-state index in [-0.39, 0.29) is 17.7 Å². The fourth-order valence-electron chi connectivity index (χ4n) is 4.27. The Bertz CT molecular complexity index is 899. The van der Waals surface area contributed by atoms with Crippen LogP contribution in [-0.4, -0.2) is 71.5 Å². The topological polar surface area (TPSA) is 84.9 Å². The number of benzene rings is 1. The third kappa shape index (κ3) is 5.31. The summed E-state index contributed by atoms with van der Waals surface area (Å²) >= 11 is 0. The van der Waals surface area contributed by atoms with Crippen LogP contribution in [-0.2, 0) is 4.79 Å². The van der Waals surface area contributed by atoms with E-state index in [9.17, 15) is 9.59 Å². The summed E-state index contributed by atoms with van der Waals surface area (Å²) in [5.74, 6) is 1.98. The second-order valence-corrected chi connectivity index (χ2v) is 8.19. The number of carbonyl (C=O) groups is 2. The molecule has 2 amide bonds. The van der Waals surface area contributed by atoms with E-state index in [0.717, 1.165) is 19.4 Å². The van der Waals surface area contributed by atoms with Crippen LogP contribution in [0.25, 0.3) is 0 Å². The number of ether oxygens (including phenoxy) is 2. The Labute approximate surface area is 182 Å². The van der Waals surface area contributed by atoms with Crippen LogP contribution in [0.1, 0.15) is 29.6 Å². The molecule has 4 rings (SSSR count). The van der Waals surface area contributed by atoms with Gasteiger partial charge in [0.05, 0.1) is 19.9 Å². The lowest BCUT2D eigenvalue weighted by Crippen LogP contribution is -2.42. The van der Waals surface area contributed by atoms with Crippen LogP contribution >= 0.6 is 0 Å². The van der Waals surface area contributed by atoms with E-state index >= 15 is 0 Å². The zero-order valence-electron chi connectivity index (χ0n) is 17.8. The highest BCUT2D eigenvalue weighted by Crippen LogP contribution is 2.25. The van der Waals surface area contributed by atoms with Crippen molar-refractivity contribution < 1.29 is 19.1 Å². The molecular weight excluding hydrogens is 396 g/mol. The first-order valence-corrected chi connectivity index (χ1v) is 10.7. The van der Waals surface area contributed by atoms with Gasteiger partial charge in [-0.05, 0) is 37.0 Å². The average Bonchev–Trinajstić information content (AvgIpc) is 3.17. The Morgan fingerprint density at radius 3 is 2.77 bits per heavy atom. The van der Waals surface area contributed by atoms with Gasteiger partial charge in [0.25, 0.3) is 5.91 Å². The lowest BCUT2D eigenvalue weighted by Gasteiger charge is -2.34. The molecule has 0 N–H and O–H groups in total. The molecule has 0 aliphatic carbocycles. The largest absolute Gasteiger partial charge is 0.497 e. The highest BCUT2D eigenvalue weighted by molar-refractivity contribution is 5.94. The van der Waals surface area contributed by atoms with Gasteiger partial charge in [0, 0.05) is 56.5 Å². The minimum Gasteiger partial charge on any atom is -0.497 e. The van der Waals surface area contributed by atoms with Crippen molar-refractivity contribution >= 4 is 11.8 Å². The van der Waals surface area contributed by atoms with Gasteiger partial charge in [0.15, 0.2) is 0 Å². The Kier molecular flexibility index (Phi) is 6.64. The van der Waals surface area contributed by atoms with E-state index in [1.54, 1.807) is 31.8 Å². The van der Waals surface area contributed by atoms with Crippen molar-refractivity contribution in [2.24, 2.45) is 11.8 Å². The molecule has 1 aromatic heterocycles. The number of carbonyl (C=O) groups excluding carboxylic acids is 2. The Morgan fingerprint density at radius 2 is 2.03 bits per heavy atom. The molecule has 2 aliphatic heterocycles. The van der Waals surface area contributed by atoms with E-state index < -0.39 is 0 Å². The van der Waals surface area contributed by atoms with E-state index in [1.807, 2.05) is 28.0 Å². The molecule has 164 valence electrons. The lowest BCUT2D eigenvalue weighted by atomic mass is 9.95. The summed E-state index contributed by atoms with van der Waals surface area (Å²) in [7, 11) is 1.60. The number of nitrogens with zero attached hydrogens (tertiary/aromatic N) is 4. The van der Waals surface area contributed by atoms with Gasteiger partial charge in [-0.25, -0.2) is 4.98 Å². The second-order valence-electron chi connectivity index (χ2n) is 8.19.